The van der Waals surface area contributed by atoms with Crippen LogP contribution in [0.15, 0.2) is 24.5 Å². The Labute approximate surface area is 124 Å². The van der Waals surface area contributed by atoms with Crippen LogP contribution in [-0.2, 0) is 24.1 Å². The van der Waals surface area contributed by atoms with Gasteiger partial charge < -0.3 is 15.8 Å². The maximum Gasteiger partial charge on any atom is 0.417 e. The average Bonchev–Trinajstić information content (AvgIpc) is 2.46. The standard InChI is InChI=1S/C13H14F3N5O/c1-22-7-11-19-5-8(12(17)21-11)4-18-10-3-2-9(6-20-10)13(14,15)16/h2-3,5-6H,4,7H2,1H3,(H,18,20)(H2,17,19,21). The molecule has 0 aliphatic carbocycles. The van der Waals surface area contributed by atoms with Crippen LogP contribution >= 0.6 is 0 Å². The summed E-state index contributed by atoms with van der Waals surface area (Å²) in [5.74, 6) is 1.03. The largest absolute Gasteiger partial charge is 0.417 e. The molecule has 118 valence electrons. The molecule has 0 spiro atoms. The number of nitrogens with two attached hydrogens (primary N) is 1. The van der Waals surface area contributed by atoms with Crippen molar-refractivity contribution in [2.75, 3.05) is 18.2 Å². The Kier molecular flexibility index (Phi) is 4.76. The van der Waals surface area contributed by atoms with Gasteiger partial charge in [0.1, 0.15) is 18.2 Å². The summed E-state index contributed by atoms with van der Waals surface area (Å²) in [6.07, 6.45) is -2.10. The van der Waals surface area contributed by atoms with Gasteiger partial charge in [-0.2, -0.15) is 13.2 Å². The molecule has 0 saturated heterocycles. The number of rotatable bonds is 5. The highest BCUT2D eigenvalue weighted by Gasteiger charge is 2.30. The third-order valence-electron chi connectivity index (χ3n) is 2.77. The number of nitrogens with zero attached hydrogens (tertiary/aromatic N) is 3. The van der Waals surface area contributed by atoms with Gasteiger partial charge in [-0.1, -0.05) is 0 Å². The fourth-order valence-electron chi connectivity index (χ4n) is 1.65. The molecule has 0 fully saturated rings. The third-order valence-corrected chi connectivity index (χ3v) is 2.77. The van der Waals surface area contributed by atoms with E-state index in [-0.39, 0.29) is 19.0 Å². The third kappa shape index (κ3) is 4.04. The van der Waals surface area contributed by atoms with Gasteiger partial charge in [0.25, 0.3) is 0 Å². The van der Waals surface area contributed by atoms with Gasteiger partial charge in [0.05, 0.1) is 5.56 Å². The first kappa shape index (κ1) is 16.0. The lowest BCUT2D eigenvalue weighted by molar-refractivity contribution is -0.137. The van der Waals surface area contributed by atoms with Crippen molar-refractivity contribution in [1.82, 2.24) is 15.0 Å². The van der Waals surface area contributed by atoms with Crippen LogP contribution in [-0.4, -0.2) is 22.1 Å². The summed E-state index contributed by atoms with van der Waals surface area (Å²) in [6, 6.07) is 2.20. The van der Waals surface area contributed by atoms with Gasteiger partial charge in [0.2, 0.25) is 0 Å². The zero-order valence-electron chi connectivity index (χ0n) is 11.7. The molecule has 0 saturated carbocycles. The molecule has 2 aromatic heterocycles. The Hall–Kier alpha value is -2.42. The van der Waals surface area contributed by atoms with Crippen molar-refractivity contribution in [3.05, 3.63) is 41.5 Å². The maximum absolute atomic E-state index is 12.4. The second-order valence-electron chi connectivity index (χ2n) is 4.41. The number of halogens is 3. The molecule has 6 nitrogen and oxygen atoms in total. The molecule has 2 rings (SSSR count). The number of aromatic nitrogens is 3. The summed E-state index contributed by atoms with van der Waals surface area (Å²) in [5, 5.41) is 2.86. The van der Waals surface area contributed by atoms with E-state index in [1.54, 1.807) is 0 Å². The van der Waals surface area contributed by atoms with E-state index in [2.05, 4.69) is 20.3 Å². The van der Waals surface area contributed by atoms with E-state index in [0.29, 0.717) is 17.2 Å². The van der Waals surface area contributed by atoms with E-state index in [0.717, 1.165) is 12.3 Å². The lowest BCUT2D eigenvalue weighted by atomic mass is 10.2. The van der Waals surface area contributed by atoms with Gasteiger partial charge in [0, 0.05) is 31.6 Å². The lowest BCUT2D eigenvalue weighted by Gasteiger charge is -2.10. The van der Waals surface area contributed by atoms with E-state index in [4.69, 9.17) is 10.5 Å². The maximum atomic E-state index is 12.4. The number of nitrogen functional groups attached to an aromatic ring is 1. The van der Waals surface area contributed by atoms with Crippen LogP contribution in [0.3, 0.4) is 0 Å². The summed E-state index contributed by atoms with van der Waals surface area (Å²) >= 11 is 0. The molecular formula is C13H14F3N5O. The Morgan fingerprint density at radius 2 is 2.00 bits per heavy atom. The fraction of sp³-hybridized carbons (Fsp3) is 0.308. The number of nitrogens with one attached hydrogen (secondary N) is 1. The number of anilines is 2. The highest BCUT2D eigenvalue weighted by atomic mass is 19.4. The highest BCUT2D eigenvalue weighted by Crippen LogP contribution is 2.28. The van der Waals surface area contributed by atoms with Crippen molar-refractivity contribution in [1.29, 1.82) is 0 Å². The summed E-state index contributed by atoms with van der Waals surface area (Å²) < 4.78 is 42.2. The Morgan fingerprint density at radius 3 is 2.55 bits per heavy atom. The predicted molar refractivity (Wildman–Crippen MR) is 73.7 cm³/mol. The highest BCUT2D eigenvalue weighted by molar-refractivity contribution is 5.42. The molecule has 0 atom stereocenters. The van der Waals surface area contributed by atoms with Gasteiger partial charge >= 0.3 is 6.18 Å². The molecule has 0 aliphatic rings. The quantitative estimate of drug-likeness (QED) is 0.880. The molecule has 3 N–H and O–H groups in total. The average molecular weight is 313 g/mol. The molecule has 22 heavy (non-hydrogen) atoms. The van der Waals surface area contributed by atoms with Crippen molar-refractivity contribution in [2.24, 2.45) is 0 Å². The topological polar surface area (TPSA) is 86.0 Å². The van der Waals surface area contributed by atoms with E-state index in [1.807, 2.05) is 0 Å². The van der Waals surface area contributed by atoms with Crippen LogP contribution in [0.2, 0.25) is 0 Å². The van der Waals surface area contributed by atoms with E-state index in [9.17, 15) is 13.2 Å². The first-order valence-electron chi connectivity index (χ1n) is 6.26. The zero-order valence-corrected chi connectivity index (χ0v) is 11.7. The van der Waals surface area contributed by atoms with Crippen molar-refractivity contribution in [2.45, 2.75) is 19.3 Å². The minimum atomic E-state index is -4.40. The second kappa shape index (κ2) is 6.56. The Morgan fingerprint density at radius 1 is 1.23 bits per heavy atom. The summed E-state index contributed by atoms with van der Waals surface area (Å²) in [5.41, 5.74) is 5.59. The molecule has 0 aliphatic heterocycles. The molecular weight excluding hydrogens is 299 g/mol. The zero-order chi connectivity index (χ0) is 16.2. The van der Waals surface area contributed by atoms with Crippen LogP contribution in [0.4, 0.5) is 24.8 Å². The smallest absolute Gasteiger partial charge is 0.383 e. The molecule has 0 radical (unpaired) electrons. The first-order valence-corrected chi connectivity index (χ1v) is 6.26. The molecule has 0 bridgehead atoms. The van der Waals surface area contributed by atoms with Crippen LogP contribution in [0.1, 0.15) is 17.0 Å². The van der Waals surface area contributed by atoms with Crippen molar-refractivity contribution >= 4 is 11.6 Å². The number of methoxy groups -OCH3 is 1. The number of ether oxygens (including phenoxy) is 1. The summed E-state index contributed by atoms with van der Waals surface area (Å²) in [6.45, 7) is 0.496. The fourth-order valence-corrected chi connectivity index (χ4v) is 1.65. The number of hydrogen-bond acceptors (Lipinski definition) is 6. The number of pyridine rings is 1. The predicted octanol–water partition coefficient (Wildman–Crippen LogP) is 2.23. The van der Waals surface area contributed by atoms with Crippen molar-refractivity contribution in [3.63, 3.8) is 0 Å². The first-order chi connectivity index (χ1) is 10.4. The van der Waals surface area contributed by atoms with Gasteiger partial charge in [-0.3, -0.25) is 0 Å². The second-order valence-corrected chi connectivity index (χ2v) is 4.41. The van der Waals surface area contributed by atoms with Gasteiger partial charge in [0.15, 0.2) is 5.82 Å². The normalized spacial score (nSPS) is 11.5. The number of alkyl halides is 3. The van der Waals surface area contributed by atoms with E-state index >= 15 is 0 Å². The minimum Gasteiger partial charge on any atom is -0.383 e. The van der Waals surface area contributed by atoms with Gasteiger partial charge in [-0.25, -0.2) is 15.0 Å². The monoisotopic (exact) mass is 313 g/mol. The van der Waals surface area contributed by atoms with Gasteiger partial charge in [-0.15, -0.1) is 0 Å². The lowest BCUT2D eigenvalue weighted by Crippen LogP contribution is -2.10. The van der Waals surface area contributed by atoms with Crippen molar-refractivity contribution < 1.29 is 17.9 Å². The molecule has 0 unspecified atom stereocenters. The molecule has 9 heteroatoms. The van der Waals surface area contributed by atoms with Crippen LogP contribution < -0.4 is 11.1 Å². The van der Waals surface area contributed by atoms with Gasteiger partial charge in [-0.05, 0) is 12.1 Å². The molecule has 0 aromatic carbocycles. The molecule has 2 heterocycles. The minimum absolute atomic E-state index is 0.247. The Bertz CT molecular complexity index is 631. The molecule has 0 amide bonds. The summed E-state index contributed by atoms with van der Waals surface area (Å²) in [4.78, 5) is 11.8. The van der Waals surface area contributed by atoms with Crippen LogP contribution in [0, 0.1) is 0 Å². The van der Waals surface area contributed by atoms with Crippen molar-refractivity contribution in [3.8, 4) is 0 Å². The van der Waals surface area contributed by atoms with Crippen LogP contribution in [0.5, 0.6) is 0 Å². The van der Waals surface area contributed by atoms with E-state index < -0.39 is 11.7 Å². The van der Waals surface area contributed by atoms with Crippen LogP contribution in [0.25, 0.3) is 0 Å². The van der Waals surface area contributed by atoms with E-state index in [1.165, 1.54) is 19.4 Å². The number of hydrogen-bond donors (Lipinski definition) is 2. The Balaban J connectivity index is 2.01. The molecule has 2 aromatic rings. The SMILES string of the molecule is COCc1ncc(CNc2ccc(C(F)(F)F)cn2)c(N)n1. The summed E-state index contributed by atoms with van der Waals surface area (Å²) in [7, 11) is 1.52.